The molecule has 2 aromatic rings. The third-order valence-corrected chi connectivity index (χ3v) is 6.26. The third kappa shape index (κ3) is 7.52. The molecule has 32 heavy (non-hydrogen) atoms. The van der Waals surface area contributed by atoms with Crippen LogP contribution in [0.4, 0.5) is 0 Å². The molecule has 0 bridgehead atoms. The summed E-state index contributed by atoms with van der Waals surface area (Å²) in [7, 11) is 0. The van der Waals surface area contributed by atoms with Crippen LogP contribution in [0, 0.1) is 0 Å². The monoisotopic (exact) mass is 522 g/mol. The van der Waals surface area contributed by atoms with Crippen molar-refractivity contribution in [1.29, 1.82) is 0 Å². The number of carbonyl (C=O) groups excluding carboxylic acids is 2. The van der Waals surface area contributed by atoms with E-state index in [0.717, 1.165) is 22.9 Å². The van der Waals surface area contributed by atoms with Crippen LogP contribution in [0.25, 0.3) is 0 Å². The topological polar surface area (TPSA) is 58.6 Å². The van der Waals surface area contributed by atoms with Gasteiger partial charge in [0.2, 0.25) is 5.91 Å². The molecule has 0 spiro atoms. The Morgan fingerprint density at radius 3 is 2.50 bits per heavy atom. The normalized spacial score (nSPS) is 11.8. The Morgan fingerprint density at radius 2 is 1.88 bits per heavy atom. The maximum Gasteiger partial charge on any atom is 0.261 e. The van der Waals surface area contributed by atoms with E-state index in [2.05, 4.69) is 42.0 Å². The zero-order valence-electron chi connectivity index (χ0n) is 19.2. The fourth-order valence-corrected chi connectivity index (χ4v) is 3.85. The van der Waals surface area contributed by atoms with E-state index in [9.17, 15) is 9.59 Å². The summed E-state index contributed by atoms with van der Waals surface area (Å²) < 4.78 is 6.60. The Morgan fingerprint density at radius 1 is 1.16 bits per heavy atom. The number of hydrogen-bond donors (Lipinski definition) is 1. The molecular formula is C25H32BrClN2O3. The maximum atomic E-state index is 13.2. The second-order valence-electron chi connectivity index (χ2n) is 8.07. The highest BCUT2D eigenvalue weighted by atomic mass is 79.9. The van der Waals surface area contributed by atoms with Gasteiger partial charge in [-0.3, -0.25) is 9.59 Å². The summed E-state index contributed by atoms with van der Waals surface area (Å²) in [6.45, 7) is 8.64. The highest BCUT2D eigenvalue weighted by Crippen LogP contribution is 2.29. The number of rotatable bonds is 11. The van der Waals surface area contributed by atoms with E-state index in [1.54, 1.807) is 13.0 Å². The number of hydrogen-bond acceptors (Lipinski definition) is 3. The predicted octanol–water partition coefficient (Wildman–Crippen LogP) is 5.94. The molecule has 0 saturated heterocycles. The summed E-state index contributed by atoms with van der Waals surface area (Å²) in [6, 6.07) is 12.5. The van der Waals surface area contributed by atoms with Crippen molar-refractivity contribution in [3.63, 3.8) is 0 Å². The standard InChI is InChI=1S/C25H32BrClN2O3/c1-5-6-13-28-25(31)18(4)29(15-20-9-7-8-10-22(20)27)24(30)16-32-23-12-11-19(17(2)3)14-21(23)26/h7-12,14,17-18H,5-6,13,15-16H2,1-4H3,(H,28,31)/t18-/m0/s1. The quantitative estimate of drug-likeness (QED) is 0.371. The molecule has 2 rings (SSSR count). The fourth-order valence-electron chi connectivity index (χ4n) is 3.14. The Labute approximate surface area is 204 Å². The minimum atomic E-state index is -0.661. The molecule has 2 amide bonds. The van der Waals surface area contributed by atoms with Crippen LogP contribution in [0.1, 0.15) is 57.6 Å². The van der Waals surface area contributed by atoms with Gasteiger partial charge in [0.25, 0.3) is 5.91 Å². The molecule has 0 unspecified atom stereocenters. The first-order chi connectivity index (χ1) is 15.2. The molecule has 0 heterocycles. The minimum absolute atomic E-state index is 0.184. The van der Waals surface area contributed by atoms with Gasteiger partial charge in [-0.1, -0.05) is 63.1 Å². The number of amides is 2. The van der Waals surface area contributed by atoms with Crippen molar-refractivity contribution in [3.05, 3.63) is 63.1 Å². The molecule has 5 nitrogen and oxygen atoms in total. The van der Waals surface area contributed by atoms with Crippen LogP contribution in [-0.2, 0) is 16.1 Å². The molecule has 174 valence electrons. The van der Waals surface area contributed by atoms with Crippen molar-refractivity contribution < 1.29 is 14.3 Å². The van der Waals surface area contributed by atoms with Crippen LogP contribution in [0.15, 0.2) is 46.9 Å². The lowest BCUT2D eigenvalue weighted by atomic mass is 10.0. The van der Waals surface area contributed by atoms with Gasteiger partial charge in [0.05, 0.1) is 4.47 Å². The first-order valence-electron chi connectivity index (χ1n) is 11.0. The minimum Gasteiger partial charge on any atom is -0.483 e. The zero-order valence-corrected chi connectivity index (χ0v) is 21.5. The Hall–Kier alpha value is -2.05. The zero-order chi connectivity index (χ0) is 23.7. The largest absolute Gasteiger partial charge is 0.483 e. The van der Waals surface area contributed by atoms with Crippen LogP contribution >= 0.6 is 27.5 Å². The van der Waals surface area contributed by atoms with Gasteiger partial charge in [-0.2, -0.15) is 0 Å². The number of ether oxygens (including phenoxy) is 1. The van der Waals surface area contributed by atoms with Gasteiger partial charge in [-0.25, -0.2) is 0 Å². The molecule has 0 aromatic heterocycles. The molecule has 0 aliphatic rings. The Bertz CT molecular complexity index is 920. The second-order valence-corrected chi connectivity index (χ2v) is 9.33. The Balaban J connectivity index is 2.15. The number of halogens is 2. The van der Waals surface area contributed by atoms with Crippen molar-refractivity contribution in [2.24, 2.45) is 0 Å². The van der Waals surface area contributed by atoms with Gasteiger partial charge >= 0.3 is 0 Å². The lowest BCUT2D eigenvalue weighted by molar-refractivity contribution is -0.142. The van der Waals surface area contributed by atoms with Crippen molar-refractivity contribution in [2.75, 3.05) is 13.2 Å². The second kappa shape index (κ2) is 12.9. The molecule has 2 aromatic carbocycles. The predicted molar refractivity (Wildman–Crippen MR) is 133 cm³/mol. The van der Waals surface area contributed by atoms with Crippen LogP contribution in [0.2, 0.25) is 5.02 Å². The van der Waals surface area contributed by atoms with E-state index in [4.69, 9.17) is 16.3 Å². The van der Waals surface area contributed by atoms with E-state index in [-0.39, 0.29) is 25.0 Å². The average Bonchev–Trinajstić information content (AvgIpc) is 2.77. The van der Waals surface area contributed by atoms with E-state index in [0.29, 0.717) is 23.2 Å². The molecule has 0 radical (unpaired) electrons. The summed E-state index contributed by atoms with van der Waals surface area (Å²) in [4.78, 5) is 27.4. The van der Waals surface area contributed by atoms with Crippen molar-refractivity contribution in [3.8, 4) is 5.75 Å². The number of carbonyl (C=O) groups is 2. The smallest absolute Gasteiger partial charge is 0.261 e. The van der Waals surface area contributed by atoms with Gasteiger partial charge in [-0.05, 0) is 64.5 Å². The average molecular weight is 524 g/mol. The summed E-state index contributed by atoms with van der Waals surface area (Å²) in [6.07, 6.45) is 1.87. The van der Waals surface area contributed by atoms with Crippen LogP contribution in [-0.4, -0.2) is 35.9 Å². The van der Waals surface area contributed by atoms with Gasteiger partial charge in [0.1, 0.15) is 11.8 Å². The molecule has 0 fully saturated rings. The highest BCUT2D eigenvalue weighted by molar-refractivity contribution is 9.10. The van der Waals surface area contributed by atoms with Crippen molar-refractivity contribution >= 4 is 39.3 Å². The molecule has 0 saturated carbocycles. The van der Waals surface area contributed by atoms with E-state index >= 15 is 0 Å². The van der Waals surface area contributed by atoms with Gasteiger partial charge in [0, 0.05) is 18.1 Å². The van der Waals surface area contributed by atoms with Crippen LogP contribution < -0.4 is 10.1 Å². The van der Waals surface area contributed by atoms with Crippen LogP contribution in [0.3, 0.4) is 0 Å². The summed E-state index contributed by atoms with van der Waals surface area (Å²) >= 11 is 9.84. The molecule has 1 N–H and O–H groups in total. The van der Waals surface area contributed by atoms with Crippen molar-refractivity contribution in [1.82, 2.24) is 10.2 Å². The highest BCUT2D eigenvalue weighted by Gasteiger charge is 2.27. The molecule has 0 aliphatic carbocycles. The van der Waals surface area contributed by atoms with Gasteiger partial charge in [0.15, 0.2) is 6.61 Å². The number of unbranched alkanes of at least 4 members (excludes halogenated alkanes) is 1. The first-order valence-corrected chi connectivity index (χ1v) is 12.1. The number of nitrogens with zero attached hydrogens (tertiary/aromatic N) is 1. The van der Waals surface area contributed by atoms with Gasteiger partial charge in [-0.15, -0.1) is 0 Å². The molecular weight excluding hydrogens is 492 g/mol. The SMILES string of the molecule is CCCCNC(=O)[C@H](C)N(Cc1ccccc1Cl)C(=O)COc1ccc(C(C)C)cc1Br. The summed E-state index contributed by atoms with van der Waals surface area (Å²) in [5.74, 6) is 0.491. The summed E-state index contributed by atoms with van der Waals surface area (Å²) in [5.41, 5.74) is 1.95. The van der Waals surface area contributed by atoms with Crippen molar-refractivity contribution in [2.45, 2.75) is 59.0 Å². The third-order valence-electron chi connectivity index (χ3n) is 5.27. The molecule has 1 atom stereocenters. The first kappa shape index (κ1) is 26.2. The van der Waals surface area contributed by atoms with Crippen LogP contribution in [0.5, 0.6) is 5.75 Å². The summed E-state index contributed by atoms with van der Waals surface area (Å²) in [5, 5.41) is 3.46. The lowest BCUT2D eigenvalue weighted by Crippen LogP contribution is -2.49. The number of benzene rings is 2. The lowest BCUT2D eigenvalue weighted by Gasteiger charge is -2.29. The van der Waals surface area contributed by atoms with E-state index < -0.39 is 6.04 Å². The Kier molecular flexibility index (Phi) is 10.5. The van der Waals surface area contributed by atoms with E-state index in [1.807, 2.05) is 36.4 Å². The van der Waals surface area contributed by atoms with Gasteiger partial charge < -0.3 is 15.0 Å². The molecule has 0 aliphatic heterocycles. The molecule has 7 heteroatoms. The number of nitrogens with one attached hydrogen (secondary N) is 1. The maximum absolute atomic E-state index is 13.2. The fraction of sp³-hybridized carbons (Fsp3) is 0.440. The van der Waals surface area contributed by atoms with E-state index in [1.165, 1.54) is 10.5 Å².